The molecular formula is C25H37I. The minimum absolute atomic E-state index is 1.25. The number of benzene rings is 2. The first kappa shape index (κ1) is 21.5. The van der Waals surface area contributed by atoms with E-state index in [1.165, 1.54) is 74.2 Å². The molecule has 0 bridgehead atoms. The van der Waals surface area contributed by atoms with Crippen LogP contribution >= 0.6 is 19.8 Å². The molecule has 1 heteroatoms. The Kier molecular flexibility index (Phi) is 11.0. The van der Waals surface area contributed by atoms with E-state index in [1.807, 2.05) is 0 Å². The summed E-state index contributed by atoms with van der Waals surface area (Å²) in [4.78, 5) is 0. The summed E-state index contributed by atoms with van der Waals surface area (Å²) in [5, 5.41) is 0. The van der Waals surface area contributed by atoms with Crippen molar-refractivity contribution in [1.82, 2.24) is 0 Å². The molecule has 0 amide bonds. The second kappa shape index (κ2) is 13.4. The fourth-order valence-electron chi connectivity index (χ4n) is 3.31. The summed E-state index contributed by atoms with van der Waals surface area (Å²) < 4.78 is 4.67. The number of hydrogen-bond donors (Lipinski definition) is 0. The molecule has 0 aromatic heterocycles. The quantitative estimate of drug-likeness (QED) is 0.158. The Morgan fingerprint density at radius 3 is 1.65 bits per heavy atom. The van der Waals surface area contributed by atoms with Gasteiger partial charge in [-0.25, -0.2) is 0 Å². The van der Waals surface area contributed by atoms with E-state index in [1.54, 1.807) is 7.14 Å². The molecule has 0 radical (unpaired) electrons. The fourth-order valence-corrected chi connectivity index (χ4v) is 9.09. The van der Waals surface area contributed by atoms with Gasteiger partial charge in [-0.3, -0.25) is 0 Å². The SMILES string of the molecule is CCCCCCCCCCCCI(c1ccccc1)c1ccc(C)cc1. The van der Waals surface area contributed by atoms with E-state index in [0.29, 0.717) is 0 Å². The first-order chi connectivity index (χ1) is 12.8. The number of halogens is 1. The van der Waals surface area contributed by atoms with Crippen molar-refractivity contribution in [2.45, 2.75) is 78.1 Å². The van der Waals surface area contributed by atoms with Crippen molar-refractivity contribution in [3.63, 3.8) is 0 Å². The van der Waals surface area contributed by atoms with Crippen LogP contribution in [0.5, 0.6) is 0 Å². The Balaban J connectivity index is 1.73. The zero-order chi connectivity index (χ0) is 18.5. The van der Waals surface area contributed by atoms with Crippen LogP contribution in [0.1, 0.15) is 76.7 Å². The van der Waals surface area contributed by atoms with Crippen molar-refractivity contribution in [2.24, 2.45) is 0 Å². The van der Waals surface area contributed by atoms with Gasteiger partial charge < -0.3 is 0 Å². The molecular weight excluding hydrogens is 427 g/mol. The summed E-state index contributed by atoms with van der Waals surface area (Å²) >= 11 is -1.25. The Hall–Kier alpha value is -0.830. The van der Waals surface area contributed by atoms with E-state index >= 15 is 0 Å². The number of aryl methyl sites for hydroxylation is 1. The summed E-state index contributed by atoms with van der Waals surface area (Å²) in [6.45, 7) is 4.48. The molecule has 0 atom stereocenters. The van der Waals surface area contributed by atoms with Gasteiger partial charge >= 0.3 is 170 Å². The van der Waals surface area contributed by atoms with Crippen LogP contribution in [0.2, 0.25) is 0 Å². The molecule has 0 fully saturated rings. The molecule has 0 spiro atoms. The molecule has 0 N–H and O–H groups in total. The first-order valence-corrected chi connectivity index (χ1v) is 14.3. The molecule has 26 heavy (non-hydrogen) atoms. The van der Waals surface area contributed by atoms with Gasteiger partial charge in [-0.1, -0.05) is 0 Å². The Bertz CT molecular complexity index is 573. The van der Waals surface area contributed by atoms with Crippen LogP contribution in [0, 0.1) is 14.1 Å². The van der Waals surface area contributed by atoms with Gasteiger partial charge in [-0.2, -0.15) is 0 Å². The fraction of sp³-hybridized carbons (Fsp3) is 0.520. The molecule has 0 unspecified atom stereocenters. The first-order valence-electron chi connectivity index (χ1n) is 10.6. The number of rotatable bonds is 13. The average Bonchev–Trinajstić information content (AvgIpc) is 2.68. The number of alkyl halides is 1. The predicted octanol–water partition coefficient (Wildman–Crippen LogP) is 8.46. The monoisotopic (exact) mass is 464 g/mol. The van der Waals surface area contributed by atoms with Gasteiger partial charge in [0.05, 0.1) is 0 Å². The van der Waals surface area contributed by atoms with Crippen molar-refractivity contribution in [2.75, 3.05) is 4.43 Å². The van der Waals surface area contributed by atoms with Crippen LogP contribution in [0.3, 0.4) is 0 Å². The molecule has 0 aliphatic heterocycles. The third-order valence-electron chi connectivity index (χ3n) is 4.95. The van der Waals surface area contributed by atoms with Crippen LogP contribution in [-0.2, 0) is 0 Å². The van der Waals surface area contributed by atoms with Crippen molar-refractivity contribution >= 4 is 19.8 Å². The van der Waals surface area contributed by atoms with Crippen molar-refractivity contribution in [1.29, 1.82) is 0 Å². The van der Waals surface area contributed by atoms with Gasteiger partial charge in [-0.05, 0) is 0 Å². The molecule has 0 aliphatic carbocycles. The van der Waals surface area contributed by atoms with Crippen molar-refractivity contribution in [3.8, 4) is 0 Å². The summed E-state index contributed by atoms with van der Waals surface area (Å²) in [7, 11) is 0. The van der Waals surface area contributed by atoms with Gasteiger partial charge in [0.15, 0.2) is 0 Å². The number of hydrogen-bond acceptors (Lipinski definition) is 0. The Labute approximate surface area is 169 Å². The van der Waals surface area contributed by atoms with Gasteiger partial charge in [0.1, 0.15) is 0 Å². The second-order valence-corrected chi connectivity index (χ2v) is 13.0. The summed E-state index contributed by atoms with van der Waals surface area (Å²) in [6.07, 6.45) is 14.3. The average molecular weight is 464 g/mol. The van der Waals surface area contributed by atoms with E-state index in [2.05, 4.69) is 68.4 Å². The molecule has 0 nitrogen and oxygen atoms in total. The third kappa shape index (κ3) is 8.24. The summed E-state index contributed by atoms with van der Waals surface area (Å²) in [5.74, 6) is 0. The minimum atomic E-state index is -1.25. The van der Waals surface area contributed by atoms with Crippen LogP contribution in [0.4, 0.5) is 0 Å². The molecule has 144 valence electrons. The van der Waals surface area contributed by atoms with Crippen LogP contribution in [0.15, 0.2) is 54.6 Å². The van der Waals surface area contributed by atoms with Gasteiger partial charge in [0.2, 0.25) is 0 Å². The molecule has 2 aromatic carbocycles. The third-order valence-corrected chi connectivity index (χ3v) is 11.2. The standard InChI is InChI=1S/C25H37I/c1-3-4-5-6-7-8-9-10-11-15-22-26(24-16-13-12-14-17-24)25-20-18-23(2)19-21-25/h12-14,16-21H,3-11,15,22H2,1-2H3. The van der Waals surface area contributed by atoms with Gasteiger partial charge in [-0.15, -0.1) is 0 Å². The van der Waals surface area contributed by atoms with E-state index in [9.17, 15) is 0 Å². The Morgan fingerprint density at radius 2 is 1.08 bits per heavy atom. The zero-order valence-corrected chi connectivity index (χ0v) is 19.0. The van der Waals surface area contributed by atoms with Crippen molar-refractivity contribution in [3.05, 3.63) is 67.3 Å². The molecule has 0 heterocycles. The molecule has 0 aliphatic rings. The zero-order valence-electron chi connectivity index (χ0n) is 16.9. The van der Waals surface area contributed by atoms with Crippen LogP contribution in [-0.4, -0.2) is 4.43 Å². The molecule has 0 saturated heterocycles. The molecule has 2 rings (SSSR count). The summed E-state index contributed by atoms with van der Waals surface area (Å²) in [6, 6.07) is 20.7. The van der Waals surface area contributed by atoms with E-state index in [0.717, 1.165) is 0 Å². The van der Waals surface area contributed by atoms with Gasteiger partial charge in [0, 0.05) is 0 Å². The van der Waals surface area contributed by atoms with Crippen molar-refractivity contribution < 1.29 is 0 Å². The second-order valence-electron chi connectivity index (χ2n) is 7.32. The molecule has 2 aromatic rings. The maximum absolute atomic E-state index is 2.39. The maximum atomic E-state index is 2.39. The predicted molar refractivity (Wildman–Crippen MR) is 126 cm³/mol. The number of unbranched alkanes of at least 4 members (excludes halogenated alkanes) is 9. The van der Waals surface area contributed by atoms with Crippen LogP contribution < -0.4 is 0 Å². The van der Waals surface area contributed by atoms with E-state index in [-0.39, 0.29) is 0 Å². The molecule has 0 saturated carbocycles. The van der Waals surface area contributed by atoms with E-state index in [4.69, 9.17) is 0 Å². The van der Waals surface area contributed by atoms with Crippen LogP contribution in [0.25, 0.3) is 0 Å². The normalized spacial score (nSPS) is 11.5. The summed E-state index contributed by atoms with van der Waals surface area (Å²) in [5.41, 5.74) is 1.37. The topological polar surface area (TPSA) is 0 Å². The Morgan fingerprint density at radius 1 is 0.577 bits per heavy atom. The van der Waals surface area contributed by atoms with Gasteiger partial charge in [0.25, 0.3) is 0 Å². The van der Waals surface area contributed by atoms with E-state index < -0.39 is 19.8 Å².